The van der Waals surface area contributed by atoms with Crippen LogP contribution >= 0.6 is 0 Å². The van der Waals surface area contributed by atoms with Crippen LogP contribution in [0.4, 0.5) is 0 Å². The van der Waals surface area contributed by atoms with E-state index in [4.69, 9.17) is 0 Å². The summed E-state index contributed by atoms with van der Waals surface area (Å²) in [7, 11) is 2.52. The van der Waals surface area contributed by atoms with Crippen LogP contribution in [0, 0.1) is 10.8 Å². The van der Waals surface area contributed by atoms with Crippen molar-refractivity contribution in [2.24, 2.45) is 10.8 Å². The highest BCUT2D eigenvalue weighted by molar-refractivity contribution is 6.09. The molecule has 2 unspecified atom stereocenters. The number of rotatable bonds is 2. The number of carbonyl (C=O) groups excluding carboxylic acids is 5. The zero-order chi connectivity index (χ0) is 19.4. The van der Waals surface area contributed by atoms with E-state index in [2.05, 4.69) is 14.8 Å². The van der Waals surface area contributed by atoms with E-state index >= 15 is 0 Å². The summed E-state index contributed by atoms with van der Waals surface area (Å²) in [4.78, 5) is 57.2. The molecule has 140 valence electrons. The van der Waals surface area contributed by atoms with Crippen molar-refractivity contribution < 1.29 is 33.4 Å². The number of carbonyl (C=O) groups is 5. The van der Waals surface area contributed by atoms with Gasteiger partial charge < -0.3 is 14.8 Å². The molecule has 2 aliphatic heterocycles. The first kappa shape index (κ1) is 20.6. The predicted molar refractivity (Wildman–Crippen MR) is 84.9 cm³/mol. The summed E-state index contributed by atoms with van der Waals surface area (Å²) in [6, 6.07) is 0. The first-order valence-electron chi connectivity index (χ1n) is 7.82. The van der Waals surface area contributed by atoms with Crippen LogP contribution in [0.25, 0.3) is 0 Å². The molecule has 0 aliphatic carbocycles. The van der Waals surface area contributed by atoms with E-state index in [9.17, 15) is 24.0 Å². The molecule has 0 bridgehead atoms. The summed E-state index contributed by atoms with van der Waals surface area (Å²) in [6.07, 6.45) is 0.858. The average molecular weight is 356 g/mol. The molecule has 2 saturated heterocycles. The number of hydrogen-bond donors (Lipinski definition) is 1. The Morgan fingerprint density at radius 3 is 1.88 bits per heavy atom. The Kier molecular flexibility index (Phi) is 6.28. The number of imide groups is 1. The van der Waals surface area contributed by atoms with Crippen molar-refractivity contribution in [3.63, 3.8) is 0 Å². The highest BCUT2D eigenvalue weighted by Crippen LogP contribution is 2.32. The maximum atomic E-state index is 11.7. The maximum Gasteiger partial charge on any atom is 0.321 e. The molecule has 1 N–H and O–H groups in total. The van der Waals surface area contributed by atoms with Crippen LogP contribution in [-0.4, -0.2) is 61.9 Å². The van der Waals surface area contributed by atoms with Gasteiger partial charge in [-0.15, -0.1) is 0 Å². The Bertz CT molecular complexity index is 603. The molecule has 0 aromatic carbocycles. The molecule has 0 aromatic heterocycles. The van der Waals surface area contributed by atoms with Crippen LogP contribution < -0.4 is 5.32 Å². The minimum atomic E-state index is -1.18. The van der Waals surface area contributed by atoms with Crippen LogP contribution in [0.1, 0.15) is 33.6 Å². The zero-order valence-electron chi connectivity index (χ0n) is 15.1. The molecule has 0 radical (unpaired) electrons. The number of likely N-dealkylation sites (tertiary alicyclic amines) is 1. The van der Waals surface area contributed by atoms with Gasteiger partial charge >= 0.3 is 11.9 Å². The molecule has 2 aliphatic rings. The van der Waals surface area contributed by atoms with Gasteiger partial charge in [-0.05, 0) is 26.7 Å². The van der Waals surface area contributed by atoms with Crippen molar-refractivity contribution in [2.75, 3.05) is 27.3 Å². The highest BCUT2D eigenvalue weighted by Gasteiger charge is 2.50. The Hall–Kier alpha value is -2.45. The molecule has 9 heteroatoms. The maximum absolute atomic E-state index is 11.7. The van der Waals surface area contributed by atoms with Crippen molar-refractivity contribution in [3.8, 4) is 0 Å². The Morgan fingerprint density at radius 1 is 1.00 bits per heavy atom. The molecule has 25 heavy (non-hydrogen) atoms. The standard InChI is InChI=1S/C9H13NO4.C7H11NO3/c1-6(11)10-5-4-9(2,7(10)12)8(13)14-3;1-7(6(10)11-2)3-4-8-5(7)9/h4-5H2,1-3H3;3-4H2,1-2H3,(H,8,9). The lowest BCUT2D eigenvalue weighted by molar-refractivity contribution is -0.159. The lowest BCUT2D eigenvalue weighted by atomic mass is 9.89. The van der Waals surface area contributed by atoms with Gasteiger partial charge in [0, 0.05) is 20.0 Å². The fraction of sp³-hybridized carbons (Fsp3) is 0.688. The number of esters is 2. The number of hydrogen-bond acceptors (Lipinski definition) is 7. The third-order valence-electron chi connectivity index (χ3n) is 4.62. The summed E-state index contributed by atoms with van der Waals surface area (Å²) in [5.74, 6) is -2.05. The molecule has 2 atom stereocenters. The van der Waals surface area contributed by atoms with Crippen LogP contribution in [-0.2, 0) is 33.4 Å². The largest absolute Gasteiger partial charge is 0.468 e. The molecule has 9 nitrogen and oxygen atoms in total. The van der Waals surface area contributed by atoms with Gasteiger partial charge in [0.25, 0.3) is 0 Å². The molecule has 2 heterocycles. The molecule has 2 fully saturated rings. The molecule has 3 amide bonds. The van der Waals surface area contributed by atoms with Crippen molar-refractivity contribution in [3.05, 3.63) is 0 Å². The molecule has 0 aromatic rings. The minimum absolute atomic E-state index is 0.232. The van der Waals surface area contributed by atoms with Crippen molar-refractivity contribution in [1.82, 2.24) is 10.2 Å². The molecular weight excluding hydrogens is 332 g/mol. The van der Waals surface area contributed by atoms with Crippen molar-refractivity contribution in [2.45, 2.75) is 33.6 Å². The van der Waals surface area contributed by atoms with E-state index in [0.717, 1.165) is 4.90 Å². The van der Waals surface area contributed by atoms with Gasteiger partial charge in [0.2, 0.25) is 17.7 Å². The minimum Gasteiger partial charge on any atom is -0.468 e. The van der Waals surface area contributed by atoms with Crippen LogP contribution in [0.2, 0.25) is 0 Å². The van der Waals surface area contributed by atoms with E-state index in [0.29, 0.717) is 25.9 Å². The molecule has 2 rings (SSSR count). The molecule has 0 spiro atoms. The summed E-state index contributed by atoms with van der Waals surface area (Å²) >= 11 is 0. The first-order valence-corrected chi connectivity index (χ1v) is 7.82. The second kappa shape index (κ2) is 7.62. The van der Waals surface area contributed by atoms with Crippen molar-refractivity contribution in [1.29, 1.82) is 0 Å². The average Bonchev–Trinajstić information content (AvgIpc) is 3.08. The smallest absolute Gasteiger partial charge is 0.321 e. The first-order chi connectivity index (χ1) is 11.5. The van der Waals surface area contributed by atoms with Crippen LogP contribution in [0.3, 0.4) is 0 Å². The van der Waals surface area contributed by atoms with Gasteiger partial charge in [-0.2, -0.15) is 0 Å². The highest BCUT2D eigenvalue weighted by atomic mass is 16.5. The van der Waals surface area contributed by atoms with E-state index in [1.807, 2.05) is 0 Å². The third-order valence-corrected chi connectivity index (χ3v) is 4.62. The quantitative estimate of drug-likeness (QED) is 0.529. The van der Waals surface area contributed by atoms with Gasteiger partial charge in [-0.25, -0.2) is 0 Å². The fourth-order valence-corrected chi connectivity index (χ4v) is 2.71. The lowest BCUT2D eigenvalue weighted by Gasteiger charge is -2.18. The number of ether oxygens (including phenoxy) is 2. The Labute approximate surface area is 146 Å². The number of amides is 3. The normalized spacial score (nSPS) is 28.0. The van der Waals surface area contributed by atoms with Crippen LogP contribution in [0.15, 0.2) is 0 Å². The zero-order valence-corrected chi connectivity index (χ0v) is 15.1. The Morgan fingerprint density at radius 2 is 1.52 bits per heavy atom. The summed E-state index contributed by atoms with van der Waals surface area (Å²) in [6.45, 7) is 5.26. The molecular formula is C16H24N2O7. The number of nitrogens with one attached hydrogen (secondary N) is 1. The van der Waals surface area contributed by atoms with Gasteiger partial charge in [-0.3, -0.25) is 28.9 Å². The van der Waals surface area contributed by atoms with Gasteiger partial charge in [0.15, 0.2) is 0 Å². The van der Waals surface area contributed by atoms with E-state index in [1.165, 1.54) is 28.1 Å². The summed E-state index contributed by atoms with van der Waals surface area (Å²) in [5.41, 5.74) is -2.13. The van der Waals surface area contributed by atoms with Gasteiger partial charge in [-0.1, -0.05) is 0 Å². The number of nitrogens with zero attached hydrogens (tertiary/aromatic N) is 1. The summed E-state index contributed by atoms with van der Waals surface area (Å²) in [5, 5.41) is 2.59. The van der Waals surface area contributed by atoms with Crippen LogP contribution in [0.5, 0.6) is 0 Å². The third kappa shape index (κ3) is 3.80. The van der Waals surface area contributed by atoms with Gasteiger partial charge in [0.1, 0.15) is 10.8 Å². The van der Waals surface area contributed by atoms with Crippen molar-refractivity contribution >= 4 is 29.7 Å². The fourth-order valence-electron chi connectivity index (χ4n) is 2.71. The predicted octanol–water partition coefficient (Wildman–Crippen LogP) is -0.370. The second-order valence-corrected chi connectivity index (χ2v) is 6.38. The van der Waals surface area contributed by atoms with E-state index in [-0.39, 0.29) is 11.8 Å². The topological polar surface area (TPSA) is 119 Å². The summed E-state index contributed by atoms with van der Waals surface area (Å²) < 4.78 is 9.05. The number of methoxy groups -OCH3 is 2. The lowest BCUT2D eigenvalue weighted by Crippen LogP contribution is -2.40. The van der Waals surface area contributed by atoms with E-state index in [1.54, 1.807) is 6.92 Å². The Balaban J connectivity index is 0.000000257. The monoisotopic (exact) mass is 356 g/mol. The second-order valence-electron chi connectivity index (χ2n) is 6.38. The van der Waals surface area contributed by atoms with Gasteiger partial charge in [0.05, 0.1) is 14.2 Å². The SMILES string of the molecule is COC(=O)C1(C)CCN(C(C)=O)C1=O.COC(=O)C1(C)CCNC1=O. The molecule has 0 saturated carbocycles. The van der Waals surface area contributed by atoms with E-state index < -0.39 is 28.7 Å².